The summed E-state index contributed by atoms with van der Waals surface area (Å²) >= 11 is 2.15. The second-order valence-corrected chi connectivity index (χ2v) is 5.99. The van der Waals surface area contributed by atoms with Crippen LogP contribution in [0.2, 0.25) is 0 Å². The van der Waals surface area contributed by atoms with E-state index in [1.54, 1.807) is 0 Å². The zero-order chi connectivity index (χ0) is 10.4. The summed E-state index contributed by atoms with van der Waals surface area (Å²) in [5.41, 5.74) is 0. The Labute approximate surface area is 93.4 Å². The topological polar surface area (TPSA) is 12.0 Å². The zero-order valence-electron chi connectivity index (χ0n) is 9.88. The molecule has 3 unspecified atom stereocenters. The van der Waals surface area contributed by atoms with E-state index in [9.17, 15) is 0 Å². The van der Waals surface area contributed by atoms with Gasteiger partial charge in [-0.15, -0.1) is 0 Å². The van der Waals surface area contributed by atoms with Crippen molar-refractivity contribution in [2.24, 2.45) is 5.92 Å². The highest BCUT2D eigenvalue weighted by Gasteiger charge is 2.27. The molecule has 2 heteroatoms. The fourth-order valence-corrected chi connectivity index (χ4v) is 3.65. The SMILES string of the molecule is CCCNC1CCC(C)CC1SCC. The Hall–Kier alpha value is 0.310. The predicted molar refractivity (Wildman–Crippen MR) is 67.0 cm³/mol. The fraction of sp³-hybridized carbons (Fsp3) is 1.00. The van der Waals surface area contributed by atoms with Crippen molar-refractivity contribution in [3.05, 3.63) is 0 Å². The van der Waals surface area contributed by atoms with E-state index in [1.807, 2.05) is 0 Å². The minimum Gasteiger partial charge on any atom is -0.313 e. The van der Waals surface area contributed by atoms with Crippen LogP contribution in [-0.4, -0.2) is 23.6 Å². The van der Waals surface area contributed by atoms with Crippen LogP contribution in [0.1, 0.15) is 46.5 Å². The molecule has 0 aromatic heterocycles. The van der Waals surface area contributed by atoms with Crippen LogP contribution in [0.3, 0.4) is 0 Å². The van der Waals surface area contributed by atoms with Gasteiger partial charge < -0.3 is 5.32 Å². The van der Waals surface area contributed by atoms with Crippen molar-refractivity contribution in [3.8, 4) is 0 Å². The molecule has 1 saturated carbocycles. The van der Waals surface area contributed by atoms with E-state index in [0.717, 1.165) is 17.2 Å². The van der Waals surface area contributed by atoms with Crippen molar-refractivity contribution in [1.82, 2.24) is 5.32 Å². The molecule has 3 atom stereocenters. The van der Waals surface area contributed by atoms with E-state index in [1.165, 1.54) is 38.0 Å². The van der Waals surface area contributed by atoms with Gasteiger partial charge in [-0.05, 0) is 43.9 Å². The van der Waals surface area contributed by atoms with Gasteiger partial charge in [-0.2, -0.15) is 11.8 Å². The van der Waals surface area contributed by atoms with Crippen LogP contribution in [0.15, 0.2) is 0 Å². The van der Waals surface area contributed by atoms with Gasteiger partial charge in [0.05, 0.1) is 0 Å². The van der Waals surface area contributed by atoms with Crippen molar-refractivity contribution in [1.29, 1.82) is 0 Å². The third-order valence-electron chi connectivity index (χ3n) is 3.09. The van der Waals surface area contributed by atoms with Crippen LogP contribution in [0.4, 0.5) is 0 Å². The minimum atomic E-state index is 0.788. The monoisotopic (exact) mass is 215 g/mol. The van der Waals surface area contributed by atoms with Crippen LogP contribution >= 0.6 is 11.8 Å². The lowest BCUT2D eigenvalue weighted by molar-refractivity contribution is 0.317. The number of hydrogen-bond acceptors (Lipinski definition) is 2. The highest BCUT2D eigenvalue weighted by molar-refractivity contribution is 7.99. The van der Waals surface area contributed by atoms with E-state index < -0.39 is 0 Å². The number of thioether (sulfide) groups is 1. The van der Waals surface area contributed by atoms with Crippen LogP contribution in [0.5, 0.6) is 0 Å². The third-order valence-corrected chi connectivity index (χ3v) is 4.37. The standard InChI is InChI=1S/C12H25NS/c1-4-8-13-11-7-6-10(3)9-12(11)14-5-2/h10-13H,4-9H2,1-3H3. The number of nitrogens with one attached hydrogen (secondary N) is 1. The van der Waals surface area contributed by atoms with E-state index in [4.69, 9.17) is 0 Å². The van der Waals surface area contributed by atoms with Crippen LogP contribution in [-0.2, 0) is 0 Å². The Balaban J connectivity index is 2.36. The third kappa shape index (κ3) is 3.82. The number of rotatable bonds is 5. The van der Waals surface area contributed by atoms with Gasteiger partial charge in [0.15, 0.2) is 0 Å². The summed E-state index contributed by atoms with van der Waals surface area (Å²) in [7, 11) is 0. The van der Waals surface area contributed by atoms with Gasteiger partial charge in [-0.1, -0.05) is 20.8 Å². The van der Waals surface area contributed by atoms with Crippen molar-refractivity contribution in [2.75, 3.05) is 12.3 Å². The molecule has 0 aromatic carbocycles. The van der Waals surface area contributed by atoms with Crippen molar-refractivity contribution < 1.29 is 0 Å². The molecule has 0 spiro atoms. The van der Waals surface area contributed by atoms with Gasteiger partial charge in [-0.25, -0.2) is 0 Å². The Bertz CT molecular complexity index is 147. The zero-order valence-corrected chi connectivity index (χ0v) is 10.7. The van der Waals surface area contributed by atoms with E-state index in [0.29, 0.717) is 0 Å². The lowest BCUT2D eigenvalue weighted by Gasteiger charge is -2.35. The van der Waals surface area contributed by atoms with E-state index in [-0.39, 0.29) is 0 Å². The molecule has 0 aromatic rings. The highest BCUT2D eigenvalue weighted by Crippen LogP contribution is 2.32. The molecule has 0 aliphatic heterocycles. The maximum absolute atomic E-state index is 3.71. The van der Waals surface area contributed by atoms with Gasteiger partial charge in [-0.3, -0.25) is 0 Å². The predicted octanol–water partition coefficient (Wildman–Crippen LogP) is 3.30. The molecular weight excluding hydrogens is 190 g/mol. The minimum absolute atomic E-state index is 0.788. The van der Waals surface area contributed by atoms with Crippen LogP contribution in [0, 0.1) is 5.92 Å². The first-order valence-corrected chi connectivity index (χ1v) is 7.17. The number of hydrogen-bond donors (Lipinski definition) is 1. The summed E-state index contributed by atoms with van der Waals surface area (Å²) < 4.78 is 0. The molecule has 1 aliphatic carbocycles. The molecule has 0 heterocycles. The molecular formula is C12H25NS. The Morgan fingerprint density at radius 2 is 2.07 bits per heavy atom. The van der Waals surface area contributed by atoms with Crippen molar-refractivity contribution in [3.63, 3.8) is 0 Å². The van der Waals surface area contributed by atoms with Gasteiger partial charge in [0.1, 0.15) is 0 Å². The molecule has 84 valence electrons. The van der Waals surface area contributed by atoms with Gasteiger partial charge in [0.2, 0.25) is 0 Å². The van der Waals surface area contributed by atoms with E-state index >= 15 is 0 Å². The second kappa shape index (κ2) is 6.73. The molecule has 1 rings (SSSR count). The largest absolute Gasteiger partial charge is 0.313 e. The van der Waals surface area contributed by atoms with Crippen molar-refractivity contribution in [2.45, 2.75) is 57.7 Å². The summed E-state index contributed by atoms with van der Waals surface area (Å²) in [5, 5.41) is 4.58. The van der Waals surface area contributed by atoms with Crippen molar-refractivity contribution >= 4 is 11.8 Å². The molecule has 0 saturated heterocycles. The van der Waals surface area contributed by atoms with Gasteiger partial charge in [0, 0.05) is 11.3 Å². The molecule has 1 aliphatic rings. The van der Waals surface area contributed by atoms with Gasteiger partial charge >= 0.3 is 0 Å². The average molecular weight is 215 g/mol. The first kappa shape index (κ1) is 12.4. The molecule has 0 radical (unpaired) electrons. The smallest absolute Gasteiger partial charge is 0.0203 e. The molecule has 1 nitrogen and oxygen atoms in total. The summed E-state index contributed by atoms with van der Waals surface area (Å²) in [6.07, 6.45) is 5.48. The normalized spacial score (nSPS) is 33.2. The summed E-state index contributed by atoms with van der Waals surface area (Å²) in [4.78, 5) is 0. The van der Waals surface area contributed by atoms with Crippen LogP contribution < -0.4 is 5.32 Å². The second-order valence-electron chi connectivity index (χ2n) is 4.47. The lowest BCUT2D eigenvalue weighted by Crippen LogP contribution is -2.42. The Morgan fingerprint density at radius 3 is 2.71 bits per heavy atom. The summed E-state index contributed by atoms with van der Waals surface area (Å²) in [6, 6.07) is 0.788. The quantitative estimate of drug-likeness (QED) is 0.755. The first-order chi connectivity index (χ1) is 6.77. The van der Waals surface area contributed by atoms with Crippen LogP contribution in [0.25, 0.3) is 0 Å². The molecule has 1 fully saturated rings. The fourth-order valence-electron chi connectivity index (χ4n) is 2.29. The van der Waals surface area contributed by atoms with E-state index in [2.05, 4.69) is 37.8 Å². The molecule has 0 bridgehead atoms. The lowest BCUT2D eigenvalue weighted by atomic mass is 9.87. The Morgan fingerprint density at radius 1 is 1.29 bits per heavy atom. The summed E-state index contributed by atoms with van der Waals surface area (Å²) in [5.74, 6) is 2.21. The average Bonchev–Trinajstić information content (AvgIpc) is 2.17. The molecule has 14 heavy (non-hydrogen) atoms. The maximum atomic E-state index is 3.71. The highest BCUT2D eigenvalue weighted by atomic mass is 32.2. The van der Waals surface area contributed by atoms with Gasteiger partial charge in [0.25, 0.3) is 0 Å². The molecule has 0 amide bonds. The first-order valence-electron chi connectivity index (χ1n) is 6.12. The summed E-state index contributed by atoms with van der Waals surface area (Å²) in [6.45, 7) is 8.13. The molecule has 1 N–H and O–H groups in total. The maximum Gasteiger partial charge on any atom is 0.0203 e. The Kier molecular flexibility index (Phi) is 5.95.